The molecular formula is C22H23N5O2. The van der Waals surface area contributed by atoms with Gasteiger partial charge in [0.25, 0.3) is 0 Å². The van der Waals surface area contributed by atoms with Gasteiger partial charge in [0.15, 0.2) is 11.5 Å². The highest BCUT2D eigenvalue weighted by Gasteiger charge is 2.12. The number of ether oxygens (including phenoxy) is 2. The number of hydrogen-bond acceptors (Lipinski definition) is 6. The monoisotopic (exact) mass is 389 g/mol. The fraction of sp³-hybridized carbons (Fsp3) is 0.227. The van der Waals surface area contributed by atoms with Crippen LogP contribution in [-0.4, -0.2) is 26.3 Å². The highest BCUT2D eigenvalue weighted by atomic mass is 16.7. The number of nitrogens with zero attached hydrogens (tertiary/aromatic N) is 4. The number of nitrogens with two attached hydrogens (primary N) is 1. The summed E-state index contributed by atoms with van der Waals surface area (Å²) in [5.41, 5.74) is 9.10. The first-order valence-electron chi connectivity index (χ1n) is 9.48. The second kappa shape index (κ2) is 7.79. The molecule has 2 aromatic heterocycles. The van der Waals surface area contributed by atoms with Crippen molar-refractivity contribution in [3.63, 3.8) is 0 Å². The Kier molecular flexibility index (Phi) is 5.03. The predicted molar refractivity (Wildman–Crippen MR) is 112 cm³/mol. The van der Waals surface area contributed by atoms with Crippen molar-refractivity contribution >= 4 is 16.7 Å². The highest BCUT2D eigenvalue weighted by molar-refractivity contribution is 5.89. The van der Waals surface area contributed by atoms with Gasteiger partial charge in [-0.05, 0) is 56.2 Å². The molecule has 4 aromatic rings. The first-order chi connectivity index (χ1) is 14.0. The first-order valence-corrected chi connectivity index (χ1v) is 9.48. The third-order valence-electron chi connectivity index (χ3n) is 4.77. The maximum atomic E-state index is 5.94. The van der Waals surface area contributed by atoms with Gasteiger partial charge in [-0.2, -0.15) is 0 Å². The number of nitrogen functional groups attached to an aromatic ring is 1. The van der Waals surface area contributed by atoms with Crippen LogP contribution in [0.25, 0.3) is 16.6 Å². The van der Waals surface area contributed by atoms with E-state index >= 15 is 0 Å². The molecule has 1 aliphatic heterocycles. The van der Waals surface area contributed by atoms with Crippen LogP contribution in [0, 0.1) is 13.8 Å². The van der Waals surface area contributed by atoms with Gasteiger partial charge in [-0.25, -0.2) is 15.0 Å². The van der Waals surface area contributed by atoms with E-state index in [1.165, 1.54) is 5.56 Å². The number of imidazole rings is 1. The smallest absolute Gasteiger partial charge is 0.231 e. The summed E-state index contributed by atoms with van der Waals surface area (Å²) in [5.74, 6) is 3.87. The summed E-state index contributed by atoms with van der Waals surface area (Å²) in [4.78, 5) is 12.8. The van der Waals surface area contributed by atoms with Gasteiger partial charge in [0.05, 0.1) is 5.52 Å². The molecule has 0 unspecified atom stereocenters. The van der Waals surface area contributed by atoms with E-state index in [0.29, 0.717) is 18.4 Å². The maximum Gasteiger partial charge on any atom is 0.231 e. The van der Waals surface area contributed by atoms with Crippen LogP contribution in [0.3, 0.4) is 0 Å². The standard InChI is InChI=1S/C13H13N5.C9H10O2/c1-8-16-12-4-3-10(7-11(12)13(14)17-8)18-6-5-15-9(18)2;1-2-7-3-4-8-9(5-7)11-6-10-8/h3-7H,1-2H3,(H2,14,16,17);3-5H,2,6H2,1H3. The summed E-state index contributed by atoms with van der Waals surface area (Å²) in [6, 6.07) is 12.0. The number of fused-ring (bicyclic) bond motifs is 2. The molecule has 2 N–H and O–H groups in total. The first kappa shape index (κ1) is 18.7. The average molecular weight is 389 g/mol. The number of rotatable bonds is 2. The Morgan fingerprint density at radius 3 is 2.62 bits per heavy atom. The van der Waals surface area contributed by atoms with Crippen LogP contribution in [-0.2, 0) is 6.42 Å². The van der Waals surface area contributed by atoms with E-state index in [2.05, 4.69) is 27.9 Å². The fourth-order valence-corrected chi connectivity index (χ4v) is 3.22. The number of aryl methyl sites for hydroxylation is 3. The third-order valence-corrected chi connectivity index (χ3v) is 4.77. The molecule has 0 amide bonds. The fourth-order valence-electron chi connectivity index (χ4n) is 3.22. The summed E-state index contributed by atoms with van der Waals surface area (Å²) < 4.78 is 12.4. The lowest BCUT2D eigenvalue weighted by atomic mass is 10.1. The molecule has 7 nitrogen and oxygen atoms in total. The van der Waals surface area contributed by atoms with Gasteiger partial charge < -0.3 is 19.8 Å². The molecule has 1 aliphatic rings. The Hall–Kier alpha value is -3.61. The molecule has 2 aromatic carbocycles. The molecule has 148 valence electrons. The minimum Gasteiger partial charge on any atom is -0.454 e. The van der Waals surface area contributed by atoms with Crippen molar-refractivity contribution in [3.05, 3.63) is 66.0 Å². The summed E-state index contributed by atoms with van der Waals surface area (Å²) in [7, 11) is 0. The molecule has 5 rings (SSSR count). The Labute approximate surface area is 169 Å². The molecule has 0 saturated heterocycles. The van der Waals surface area contributed by atoms with Crippen LogP contribution in [0.1, 0.15) is 24.1 Å². The lowest BCUT2D eigenvalue weighted by Crippen LogP contribution is -2.00. The van der Waals surface area contributed by atoms with E-state index in [-0.39, 0.29) is 0 Å². The number of benzene rings is 2. The van der Waals surface area contributed by atoms with Crippen molar-refractivity contribution in [3.8, 4) is 17.2 Å². The van der Waals surface area contributed by atoms with Crippen LogP contribution >= 0.6 is 0 Å². The minimum atomic E-state index is 0.364. The van der Waals surface area contributed by atoms with Crippen LogP contribution in [0.5, 0.6) is 11.5 Å². The second-order valence-corrected chi connectivity index (χ2v) is 6.74. The lowest BCUT2D eigenvalue weighted by Gasteiger charge is -2.08. The van der Waals surface area contributed by atoms with Crippen molar-refractivity contribution in [2.45, 2.75) is 27.2 Å². The van der Waals surface area contributed by atoms with Crippen molar-refractivity contribution in [2.24, 2.45) is 0 Å². The molecular weight excluding hydrogens is 366 g/mol. The van der Waals surface area contributed by atoms with Gasteiger partial charge >= 0.3 is 0 Å². The van der Waals surface area contributed by atoms with Gasteiger partial charge in [-0.3, -0.25) is 0 Å². The summed E-state index contributed by atoms with van der Waals surface area (Å²) in [6.07, 6.45) is 4.73. The molecule has 3 heterocycles. The Morgan fingerprint density at radius 2 is 1.86 bits per heavy atom. The largest absolute Gasteiger partial charge is 0.454 e. The van der Waals surface area contributed by atoms with Crippen LogP contribution in [0.4, 0.5) is 5.82 Å². The van der Waals surface area contributed by atoms with E-state index in [0.717, 1.165) is 40.3 Å². The number of aromatic nitrogens is 4. The van der Waals surface area contributed by atoms with Crippen molar-refractivity contribution in [2.75, 3.05) is 12.5 Å². The average Bonchev–Trinajstić information content (AvgIpc) is 3.36. The third kappa shape index (κ3) is 3.85. The second-order valence-electron chi connectivity index (χ2n) is 6.74. The van der Waals surface area contributed by atoms with Crippen LogP contribution < -0.4 is 15.2 Å². The zero-order valence-corrected chi connectivity index (χ0v) is 16.7. The molecule has 7 heteroatoms. The van der Waals surface area contributed by atoms with E-state index < -0.39 is 0 Å². The van der Waals surface area contributed by atoms with Gasteiger partial charge in [0.2, 0.25) is 6.79 Å². The van der Waals surface area contributed by atoms with Gasteiger partial charge in [0, 0.05) is 23.5 Å². The van der Waals surface area contributed by atoms with Gasteiger partial charge in [-0.1, -0.05) is 13.0 Å². The normalized spacial score (nSPS) is 12.0. The maximum absolute atomic E-state index is 5.94. The van der Waals surface area contributed by atoms with Crippen molar-refractivity contribution in [1.29, 1.82) is 0 Å². The Morgan fingerprint density at radius 1 is 1.03 bits per heavy atom. The summed E-state index contributed by atoms with van der Waals surface area (Å²) in [6.45, 7) is 6.28. The zero-order chi connectivity index (χ0) is 20.4. The van der Waals surface area contributed by atoms with Crippen molar-refractivity contribution < 1.29 is 9.47 Å². The van der Waals surface area contributed by atoms with Gasteiger partial charge in [-0.15, -0.1) is 0 Å². The number of anilines is 1. The predicted octanol–water partition coefficient (Wildman–Crippen LogP) is 3.99. The number of hydrogen-bond donors (Lipinski definition) is 1. The summed E-state index contributed by atoms with van der Waals surface area (Å²) in [5, 5.41) is 0.867. The zero-order valence-electron chi connectivity index (χ0n) is 16.7. The lowest BCUT2D eigenvalue weighted by molar-refractivity contribution is 0.174. The van der Waals surface area contributed by atoms with E-state index in [1.807, 2.05) is 54.9 Å². The molecule has 0 aliphatic carbocycles. The van der Waals surface area contributed by atoms with E-state index in [9.17, 15) is 0 Å². The Bertz CT molecular complexity index is 1170. The topological polar surface area (TPSA) is 88.1 Å². The quantitative estimate of drug-likeness (QED) is 0.558. The van der Waals surface area contributed by atoms with Crippen LogP contribution in [0.15, 0.2) is 48.8 Å². The SMILES string of the molecule is CCc1ccc2c(c1)OCO2.Cc1nc(N)c2cc(-n3ccnc3C)ccc2n1. The van der Waals surface area contributed by atoms with Gasteiger partial charge in [0.1, 0.15) is 17.5 Å². The van der Waals surface area contributed by atoms with E-state index in [4.69, 9.17) is 15.2 Å². The molecule has 0 atom stereocenters. The Balaban J connectivity index is 0.000000159. The minimum absolute atomic E-state index is 0.364. The molecule has 0 fully saturated rings. The molecule has 0 bridgehead atoms. The molecule has 0 saturated carbocycles. The molecule has 29 heavy (non-hydrogen) atoms. The van der Waals surface area contributed by atoms with Crippen molar-refractivity contribution in [1.82, 2.24) is 19.5 Å². The van der Waals surface area contributed by atoms with E-state index in [1.54, 1.807) is 6.20 Å². The highest BCUT2D eigenvalue weighted by Crippen LogP contribution is 2.32. The molecule has 0 spiro atoms. The molecule has 0 radical (unpaired) electrons. The van der Waals surface area contributed by atoms with Crippen LogP contribution in [0.2, 0.25) is 0 Å². The summed E-state index contributed by atoms with van der Waals surface area (Å²) >= 11 is 0.